The number of aromatic nitrogens is 2. The number of carbonyl (C=O) groups excluding carboxylic acids is 2. The van der Waals surface area contributed by atoms with Crippen LogP contribution in [0.15, 0.2) is 60.9 Å². The molecule has 0 aliphatic carbocycles. The van der Waals surface area contributed by atoms with Gasteiger partial charge in [0.25, 0.3) is 5.91 Å². The van der Waals surface area contributed by atoms with Gasteiger partial charge in [-0.05, 0) is 35.9 Å². The summed E-state index contributed by atoms with van der Waals surface area (Å²) in [5.74, 6) is -0.284. The van der Waals surface area contributed by atoms with Gasteiger partial charge >= 0.3 is 5.97 Å². The van der Waals surface area contributed by atoms with Gasteiger partial charge in [0.15, 0.2) is 0 Å². The Bertz CT molecular complexity index is 976. The van der Waals surface area contributed by atoms with Gasteiger partial charge in [-0.15, -0.1) is 0 Å². The van der Waals surface area contributed by atoms with Gasteiger partial charge in [-0.25, -0.2) is 14.8 Å². The molecule has 0 unspecified atom stereocenters. The summed E-state index contributed by atoms with van der Waals surface area (Å²) in [6, 6.07) is 14.0. The van der Waals surface area contributed by atoms with Crippen molar-refractivity contribution in [3.63, 3.8) is 0 Å². The van der Waals surface area contributed by atoms with Crippen molar-refractivity contribution < 1.29 is 14.3 Å². The number of nitrogens with one attached hydrogen (secondary N) is 2. The van der Waals surface area contributed by atoms with Crippen LogP contribution in [0.5, 0.6) is 0 Å². The first-order valence-electron chi connectivity index (χ1n) is 8.36. The van der Waals surface area contributed by atoms with Gasteiger partial charge in [-0.3, -0.25) is 4.79 Å². The average molecular weight is 397 g/mol. The monoisotopic (exact) mass is 396 g/mol. The third kappa shape index (κ3) is 4.83. The minimum atomic E-state index is -0.404. The molecule has 142 valence electrons. The molecule has 0 radical (unpaired) electrons. The van der Waals surface area contributed by atoms with Crippen LogP contribution in [0, 0.1) is 0 Å². The van der Waals surface area contributed by atoms with E-state index < -0.39 is 5.97 Å². The van der Waals surface area contributed by atoms with E-state index in [0.29, 0.717) is 22.9 Å². The number of hydrogen-bond donors (Lipinski definition) is 2. The summed E-state index contributed by atoms with van der Waals surface area (Å²) >= 11 is 6.07. The first-order valence-corrected chi connectivity index (χ1v) is 8.73. The molecule has 8 heteroatoms. The van der Waals surface area contributed by atoms with Gasteiger partial charge in [0.05, 0.1) is 25.1 Å². The van der Waals surface area contributed by atoms with Crippen LogP contribution in [-0.2, 0) is 11.3 Å². The van der Waals surface area contributed by atoms with E-state index in [4.69, 9.17) is 11.6 Å². The Morgan fingerprint density at radius 2 is 1.79 bits per heavy atom. The molecular formula is C20H17ClN4O3. The Labute approximate surface area is 166 Å². The zero-order valence-corrected chi connectivity index (χ0v) is 15.7. The molecule has 0 spiro atoms. The number of rotatable bonds is 6. The lowest BCUT2D eigenvalue weighted by molar-refractivity contribution is 0.0600. The molecule has 28 heavy (non-hydrogen) atoms. The van der Waals surface area contributed by atoms with E-state index in [-0.39, 0.29) is 11.6 Å². The topological polar surface area (TPSA) is 93.2 Å². The molecule has 0 saturated carbocycles. The molecule has 3 rings (SSSR count). The maximum atomic E-state index is 12.2. The van der Waals surface area contributed by atoms with Crippen molar-refractivity contribution in [1.82, 2.24) is 15.3 Å². The third-order valence-electron chi connectivity index (χ3n) is 3.86. The van der Waals surface area contributed by atoms with Gasteiger partial charge < -0.3 is 15.4 Å². The molecule has 2 aromatic carbocycles. The van der Waals surface area contributed by atoms with Crippen LogP contribution in [-0.4, -0.2) is 29.0 Å². The lowest BCUT2D eigenvalue weighted by Gasteiger charge is -2.08. The number of methoxy groups -OCH3 is 1. The van der Waals surface area contributed by atoms with Crippen molar-refractivity contribution in [1.29, 1.82) is 0 Å². The second kappa shape index (κ2) is 8.96. The lowest BCUT2D eigenvalue weighted by atomic mass is 10.2. The van der Waals surface area contributed by atoms with E-state index in [9.17, 15) is 9.59 Å². The van der Waals surface area contributed by atoms with Crippen molar-refractivity contribution >= 4 is 35.0 Å². The summed E-state index contributed by atoms with van der Waals surface area (Å²) in [6.07, 6.45) is 2.84. The SMILES string of the molecule is COC(=O)c1ccc(Nc2cnc(C(=O)NCc3ccccc3Cl)cn2)cc1. The van der Waals surface area contributed by atoms with Gasteiger partial charge in [0.1, 0.15) is 11.5 Å². The lowest BCUT2D eigenvalue weighted by Crippen LogP contribution is -2.24. The summed E-state index contributed by atoms with van der Waals surface area (Å²) in [7, 11) is 1.33. The van der Waals surface area contributed by atoms with Crippen LogP contribution in [0.4, 0.5) is 11.5 Å². The summed E-state index contributed by atoms with van der Waals surface area (Å²) in [6.45, 7) is 0.298. The smallest absolute Gasteiger partial charge is 0.337 e. The number of amides is 1. The number of anilines is 2. The van der Waals surface area contributed by atoms with E-state index in [0.717, 1.165) is 11.3 Å². The third-order valence-corrected chi connectivity index (χ3v) is 4.23. The van der Waals surface area contributed by atoms with Gasteiger partial charge in [0.2, 0.25) is 0 Å². The van der Waals surface area contributed by atoms with E-state index in [1.54, 1.807) is 30.3 Å². The normalized spacial score (nSPS) is 10.2. The zero-order chi connectivity index (χ0) is 19.9. The fourth-order valence-electron chi connectivity index (χ4n) is 2.37. The maximum Gasteiger partial charge on any atom is 0.337 e. The highest BCUT2D eigenvalue weighted by molar-refractivity contribution is 6.31. The fourth-order valence-corrected chi connectivity index (χ4v) is 2.58. The zero-order valence-electron chi connectivity index (χ0n) is 15.0. The number of ether oxygens (including phenoxy) is 1. The van der Waals surface area contributed by atoms with E-state index in [1.807, 2.05) is 18.2 Å². The van der Waals surface area contributed by atoms with Crippen molar-refractivity contribution in [3.8, 4) is 0 Å². The van der Waals surface area contributed by atoms with E-state index in [2.05, 4.69) is 25.3 Å². The molecule has 2 N–H and O–H groups in total. The molecule has 0 fully saturated rings. The molecule has 0 bridgehead atoms. The van der Waals surface area contributed by atoms with Crippen molar-refractivity contribution in [2.45, 2.75) is 6.54 Å². The van der Waals surface area contributed by atoms with Crippen molar-refractivity contribution in [3.05, 3.63) is 82.8 Å². The minimum Gasteiger partial charge on any atom is -0.465 e. The molecule has 1 aromatic heterocycles. The quantitative estimate of drug-likeness (QED) is 0.618. The predicted molar refractivity (Wildman–Crippen MR) is 106 cm³/mol. The number of nitrogens with zero attached hydrogens (tertiary/aromatic N) is 2. The minimum absolute atomic E-state index is 0.193. The second-order valence-corrected chi connectivity index (χ2v) is 6.16. The molecule has 0 aliphatic heterocycles. The number of esters is 1. The van der Waals surface area contributed by atoms with Crippen molar-refractivity contribution in [2.24, 2.45) is 0 Å². The van der Waals surface area contributed by atoms with Crippen LogP contribution >= 0.6 is 11.6 Å². The van der Waals surface area contributed by atoms with E-state index >= 15 is 0 Å². The Kier molecular flexibility index (Phi) is 6.18. The van der Waals surface area contributed by atoms with Crippen LogP contribution in [0.1, 0.15) is 26.4 Å². The Balaban J connectivity index is 1.59. The summed E-state index contributed by atoms with van der Waals surface area (Å²) < 4.78 is 4.66. The van der Waals surface area contributed by atoms with Crippen LogP contribution in [0.2, 0.25) is 5.02 Å². The number of halogens is 1. The number of benzene rings is 2. The summed E-state index contributed by atoms with van der Waals surface area (Å²) in [5.41, 5.74) is 2.18. The average Bonchev–Trinajstić information content (AvgIpc) is 2.73. The predicted octanol–water partition coefficient (Wildman–Crippen LogP) is 3.59. The highest BCUT2D eigenvalue weighted by atomic mass is 35.5. The first-order chi connectivity index (χ1) is 13.6. The van der Waals surface area contributed by atoms with Crippen molar-refractivity contribution in [2.75, 3.05) is 12.4 Å². The van der Waals surface area contributed by atoms with Crippen LogP contribution < -0.4 is 10.6 Å². The van der Waals surface area contributed by atoms with E-state index in [1.165, 1.54) is 19.5 Å². The summed E-state index contributed by atoms with van der Waals surface area (Å²) in [4.78, 5) is 32.0. The summed E-state index contributed by atoms with van der Waals surface area (Å²) in [5, 5.41) is 6.39. The fraction of sp³-hybridized carbons (Fsp3) is 0.100. The van der Waals surface area contributed by atoms with Gasteiger partial charge in [0, 0.05) is 17.3 Å². The number of carbonyl (C=O) groups is 2. The molecule has 1 heterocycles. The maximum absolute atomic E-state index is 12.2. The first kappa shape index (κ1) is 19.3. The second-order valence-electron chi connectivity index (χ2n) is 5.75. The molecular weight excluding hydrogens is 380 g/mol. The molecule has 3 aromatic rings. The molecule has 0 aliphatic rings. The van der Waals surface area contributed by atoms with Crippen LogP contribution in [0.25, 0.3) is 0 Å². The molecule has 1 amide bonds. The highest BCUT2D eigenvalue weighted by Crippen LogP contribution is 2.16. The highest BCUT2D eigenvalue weighted by Gasteiger charge is 2.09. The molecule has 7 nitrogen and oxygen atoms in total. The van der Waals surface area contributed by atoms with Gasteiger partial charge in [-0.1, -0.05) is 29.8 Å². The number of hydrogen-bond acceptors (Lipinski definition) is 6. The van der Waals surface area contributed by atoms with Crippen LogP contribution in [0.3, 0.4) is 0 Å². The standard InChI is InChI=1S/C20H17ClN4O3/c1-28-20(27)13-6-8-15(9-7-13)25-18-12-22-17(11-23-18)19(26)24-10-14-4-2-3-5-16(14)21/h2-9,11-12H,10H2,1H3,(H,23,25)(H,24,26). The Hall–Kier alpha value is -3.45. The molecule has 0 saturated heterocycles. The van der Waals surface area contributed by atoms with Gasteiger partial charge in [-0.2, -0.15) is 0 Å². The Morgan fingerprint density at radius 1 is 1.04 bits per heavy atom. The largest absolute Gasteiger partial charge is 0.465 e. The Morgan fingerprint density at radius 3 is 2.43 bits per heavy atom. The molecule has 0 atom stereocenters.